The number of aromatic nitrogens is 1. The number of ether oxygens (including phenoxy) is 1. The van der Waals surface area contributed by atoms with E-state index in [1.54, 1.807) is 18.2 Å². The van der Waals surface area contributed by atoms with Crippen LogP contribution >= 0.6 is 11.6 Å². The van der Waals surface area contributed by atoms with Crippen LogP contribution in [0.3, 0.4) is 0 Å². The van der Waals surface area contributed by atoms with E-state index in [-0.39, 0.29) is 12.2 Å². The molecule has 0 aliphatic carbocycles. The lowest BCUT2D eigenvalue weighted by molar-refractivity contribution is 0.288. The van der Waals surface area contributed by atoms with Crippen molar-refractivity contribution >= 4 is 17.4 Å². The van der Waals surface area contributed by atoms with Crippen LogP contribution in [-0.2, 0) is 6.61 Å². The molecule has 7 heteroatoms. The van der Waals surface area contributed by atoms with Crippen LogP contribution in [0.4, 0.5) is 10.2 Å². The lowest BCUT2D eigenvalue weighted by atomic mass is 10.1. The minimum atomic E-state index is -0.474. The molecule has 124 valence electrons. The average Bonchev–Trinajstić information content (AvgIpc) is 2.61. The molecule has 1 fully saturated rings. The summed E-state index contributed by atoms with van der Waals surface area (Å²) < 4.78 is 19.5. The summed E-state index contributed by atoms with van der Waals surface area (Å²) in [6.45, 7) is 3.49. The molecule has 0 spiro atoms. The molecule has 1 saturated heterocycles. The summed E-state index contributed by atoms with van der Waals surface area (Å²) in [5, 5.41) is 12.6. The number of halogens is 2. The van der Waals surface area contributed by atoms with Gasteiger partial charge in [0.1, 0.15) is 18.2 Å². The molecule has 2 aromatic rings. The normalized spacial score (nSPS) is 14.3. The van der Waals surface area contributed by atoms with Gasteiger partial charge in [0.15, 0.2) is 0 Å². The van der Waals surface area contributed by atoms with Crippen LogP contribution in [-0.4, -0.2) is 31.2 Å². The zero-order valence-corrected chi connectivity index (χ0v) is 13.7. The van der Waals surface area contributed by atoms with Crippen LogP contribution in [0.1, 0.15) is 11.1 Å². The second-order valence-corrected chi connectivity index (χ2v) is 5.86. The van der Waals surface area contributed by atoms with Crippen molar-refractivity contribution in [3.05, 3.63) is 52.3 Å². The van der Waals surface area contributed by atoms with Gasteiger partial charge in [0.2, 0.25) is 5.88 Å². The number of nitrogens with zero attached hydrogens (tertiary/aromatic N) is 3. The number of rotatable bonds is 4. The zero-order valence-electron chi connectivity index (χ0n) is 12.9. The first kappa shape index (κ1) is 16.5. The first-order valence-electron chi connectivity index (χ1n) is 7.60. The molecule has 1 N–H and O–H groups in total. The molecule has 5 nitrogen and oxygen atoms in total. The SMILES string of the molecule is N#Cc1ccc(COc2cc(Cl)cc(N3CCNCC3)n2)c(F)c1. The first-order chi connectivity index (χ1) is 11.7. The van der Waals surface area contributed by atoms with Gasteiger partial charge >= 0.3 is 0 Å². The molecule has 3 rings (SSSR count). The molecular weight excluding hydrogens is 331 g/mol. The second kappa shape index (κ2) is 7.47. The lowest BCUT2D eigenvalue weighted by Gasteiger charge is -2.28. The van der Waals surface area contributed by atoms with Crippen LogP contribution in [0, 0.1) is 17.1 Å². The highest BCUT2D eigenvalue weighted by Gasteiger charge is 2.14. The Morgan fingerprint density at radius 3 is 2.79 bits per heavy atom. The van der Waals surface area contributed by atoms with E-state index in [2.05, 4.69) is 15.2 Å². The fourth-order valence-corrected chi connectivity index (χ4v) is 2.67. The largest absolute Gasteiger partial charge is 0.473 e. The maximum atomic E-state index is 13.9. The summed E-state index contributed by atoms with van der Waals surface area (Å²) in [6, 6.07) is 9.58. The monoisotopic (exact) mass is 346 g/mol. The van der Waals surface area contributed by atoms with Crippen LogP contribution in [0.5, 0.6) is 5.88 Å². The van der Waals surface area contributed by atoms with E-state index in [1.807, 2.05) is 6.07 Å². The van der Waals surface area contributed by atoms with E-state index >= 15 is 0 Å². The van der Waals surface area contributed by atoms with Gasteiger partial charge in [0.25, 0.3) is 0 Å². The fraction of sp³-hybridized carbons (Fsp3) is 0.294. The molecule has 1 aliphatic heterocycles. The predicted molar refractivity (Wildman–Crippen MR) is 89.8 cm³/mol. The van der Waals surface area contributed by atoms with Crippen LogP contribution in [0.2, 0.25) is 5.02 Å². The number of hydrogen-bond acceptors (Lipinski definition) is 5. The Hall–Kier alpha value is -2.36. The summed E-state index contributed by atoms with van der Waals surface area (Å²) in [4.78, 5) is 6.57. The molecule has 0 bridgehead atoms. The van der Waals surface area contributed by atoms with Crippen molar-refractivity contribution in [2.75, 3.05) is 31.1 Å². The van der Waals surface area contributed by atoms with E-state index in [0.717, 1.165) is 32.0 Å². The minimum Gasteiger partial charge on any atom is -0.473 e. The Labute approximate surface area is 144 Å². The van der Waals surface area contributed by atoms with E-state index in [0.29, 0.717) is 16.5 Å². The second-order valence-electron chi connectivity index (χ2n) is 5.43. The molecule has 24 heavy (non-hydrogen) atoms. The van der Waals surface area contributed by atoms with Crippen LogP contribution in [0.15, 0.2) is 30.3 Å². The average molecular weight is 347 g/mol. The van der Waals surface area contributed by atoms with E-state index in [1.165, 1.54) is 12.1 Å². The van der Waals surface area contributed by atoms with Gasteiger partial charge in [-0.2, -0.15) is 10.2 Å². The Balaban J connectivity index is 1.73. The van der Waals surface area contributed by atoms with Gasteiger partial charge in [-0.1, -0.05) is 17.7 Å². The number of benzene rings is 1. The predicted octanol–water partition coefficient (Wildman–Crippen LogP) is 2.73. The maximum absolute atomic E-state index is 13.9. The lowest BCUT2D eigenvalue weighted by Crippen LogP contribution is -2.43. The van der Waals surface area contributed by atoms with Gasteiger partial charge in [-0.05, 0) is 18.2 Å². The molecule has 1 aromatic carbocycles. The Morgan fingerprint density at radius 1 is 1.29 bits per heavy atom. The van der Waals surface area contributed by atoms with E-state index < -0.39 is 5.82 Å². The van der Waals surface area contributed by atoms with Crippen molar-refractivity contribution in [1.82, 2.24) is 10.3 Å². The summed E-state index contributed by atoms with van der Waals surface area (Å²) in [7, 11) is 0. The number of anilines is 1. The number of hydrogen-bond donors (Lipinski definition) is 1. The van der Waals surface area contributed by atoms with Gasteiger partial charge in [-0.15, -0.1) is 0 Å². The van der Waals surface area contributed by atoms with Gasteiger partial charge in [-0.25, -0.2) is 4.39 Å². The van der Waals surface area contributed by atoms with Crippen molar-refractivity contribution in [2.45, 2.75) is 6.61 Å². The molecular formula is C17H16ClFN4O. The van der Waals surface area contributed by atoms with Crippen molar-refractivity contribution in [3.8, 4) is 11.9 Å². The maximum Gasteiger partial charge on any atom is 0.217 e. The number of nitriles is 1. The topological polar surface area (TPSA) is 61.2 Å². The third-order valence-corrected chi connectivity index (χ3v) is 3.97. The minimum absolute atomic E-state index is 0.0197. The van der Waals surface area contributed by atoms with Crippen molar-refractivity contribution in [3.63, 3.8) is 0 Å². The third-order valence-electron chi connectivity index (χ3n) is 3.75. The standard InChI is InChI=1S/C17H16ClFN4O/c18-14-8-16(23-5-3-21-4-6-23)22-17(9-14)24-11-13-2-1-12(10-20)7-15(13)19/h1-2,7-9,21H,3-6,11H2. The van der Waals surface area contributed by atoms with Gasteiger partial charge in [0.05, 0.1) is 11.6 Å². The molecule has 0 unspecified atom stereocenters. The Kier molecular flexibility index (Phi) is 5.14. The number of pyridine rings is 1. The van der Waals surface area contributed by atoms with Crippen molar-refractivity contribution in [1.29, 1.82) is 5.26 Å². The smallest absolute Gasteiger partial charge is 0.217 e. The molecule has 0 atom stereocenters. The number of piperazine rings is 1. The summed E-state index contributed by atoms with van der Waals surface area (Å²) in [6.07, 6.45) is 0. The highest BCUT2D eigenvalue weighted by atomic mass is 35.5. The van der Waals surface area contributed by atoms with Gasteiger partial charge < -0.3 is 15.0 Å². The third kappa shape index (κ3) is 3.94. The fourth-order valence-electron chi connectivity index (χ4n) is 2.48. The Morgan fingerprint density at radius 2 is 2.08 bits per heavy atom. The van der Waals surface area contributed by atoms with Gasteiger partial charge in [0, 0.05) is 42.8 Å². The molecule has 0 saturated carbocycles. The summed E-state index contributed by atoms with van der Waals surface area (Å²) >= 11 is 6.15. The highest BCUT2D eigenvalue weighted by Crippen LogP contribution is 2.24. The van der Waals surface area contributed by atoms with E-state index in [4.69, 9.17) is 21.6 Å². The van der Waals surface area contributed by atoms with Crippen molar-refractivity contribution < 1.29 is 9.13 Å². The molecule has 1 aliphatic rings. The molecule has 0 amide bonds. The highest BCUT2D eigenvalue weighted by molar-refractivity contribution is 6.30. The zero-order chi connectivity index (χ0) is 16.9. The van der Waals surface area contributed by atoms with Crippen LogP contribution in [0.25, 0.3) is 0 Å². The van der Waals surface area contributed by atoms with Crippen molar-refractivity contribution in [2.24, 2.45) is 0 Å². The van der Waals surface area contributed by atoms with Crippen LogP contribution < -0.4 is 15.0 Å². The molecule has 1 aromatic heterocycles. The number of nitrogens with one attached hydrogen (secondary N) is 1. The first-order valence-corrected chi connectivity index (χ1v) is 7.98. The molecule has 0 radical (unpaired) electrons. The van der Waals surface area contributed by atoms with E-state index in [9.17, 15) is 4.39 Å². The Bertz CT molecular complexity index is 772. The summed E-state index contributed by atoms with van der Waals surface area (Å²) in [5.74, 6) is 0.623. The molecule has 2 heterocycles. The van der Waals surface area contributed by atoms with Gasteiger partial charge in [-0.3, -0.25) is 0 Å². The quantitative estimate of drug-likeness (QED) is 0.922. The summed E-state index contributed by atoms with van der Waals surface area (Å²) in [5.41, 5.74) is 0.637.